The Kier molecular flexibility index (Phi) is 3.53. The zero-order chi connectivity index (χ0) is 15.0. The summed E-state index contributed by atoms with van der Waals surface area (Å²) in [5, 5.41) is 3.65. The molecule has 3 rings (SSSR count). The number of hydrazine groups is 1. The van der Waals surface area contributed by atoms with Gasteiger partial charge in [0, 0.05) is 9.90 Å². The molecular formula is C15H11ClN2O2S. The van der Waals surface area contributed by atoms with Crippen LogP contribution in [0.25, 0.3) is 6.08 Å². The van der Waals surface area contributed by atoms with Crippen LogP contribution in [0, 0.1) is 6.92 Å². The first-order valence-electron chi connectivity index (χ1n) is 6.23. The third kappa shape index (κ3) is 2.57. The van der Waals surface area contributed by atoms with Crippen LogP contribution in [0.1, 0.15) is 10.4 Å². The number of nitrogens with zero attached hydrogens (tertiary/aromatic N) is 1. The second-order valence-electron chi connectivity index (χ2n) is 4.59. The Bertz CT molecular complexity index is 753. The number of amides is 2. The van der Waals surface area contributed by atoms with E-state index in [9.17, 15) is 9.59 Å². The van der Waals surface area contributed by atoms with Gasteiger partial charge in [-0.25, -0.2) is 5.01 Å². The van der Waals surface area contributed by atoms with Gasteiger partial charge in [-0.05, 0) is 42.1 Å². The number of hydrogen-bond donors (Lipinski definition) is 1. The Balaban J connectivity index is 1.95. The number of hydrogen-bond acceptors (Lipinski definition) is 3. The number of rotatable bonds is 2. The van der Waals surface area contributed by atoms with Crippen LogP contribution in [0.5, 0.6) is 0 Å². The predicted molar refractivity (Wildman–Crippen MR) is 84.1 cm³/mol. The molecule has 21 heavy (non-hydrogen) atoms. The van der Waals surface area contributed by atoms with E-state index in [4.69, 9.17) is 11.6 Å². The zero-order valence-corrected chi connectivity index (χ0v) is 12.7. The summed E-state index contributed by atoms with van der Waals surface area (Å²) in [6.45, 7) is 1.87. The minimum Gasteiger partial charge on any atom is -0.267 e. The number of aryl methyl sites for hydroxylation is 1. The highest BCUT2D eigenvalue weighted by Gasteiger charge is 2.34. The van der Waals surface area contributed by atoms with Crippen molar-refractivity contribution in [3.05, 3.63) is 56.7 Å². The Morgan fingerprint density at radius 2 is 2.10 bits per heavy atom. The van der Waals surface area contributed by atoms with Gasteiger partial charge < -0.3 is 0 Å². The van der Waals surface area contributed by atoms with Gasteiger partial charge in [0.15, 0.2) is 0 Å². The second-order valence-corrected chi connectivity index (χ2v) is 5.97. The van der Waals surface area contributed by atoms with E-state index in [0.717, 1.165) is 10.4 Å². The average Bonchev–Trinajstić information content (AvgIpc) is 3.06. The SMILES string of the molecule is Cc1ccc(N2NC(=O)C(=Cc3cccs3)C2=O)cc1Cl. The monoisotopic (exact) mass is 318 g/mol. The van der Waals surface area contributed by atoms with E-state index in [-0.39, 0.29) is 11.5 Å². The van der Waals surface area contributed by atoms with Crippen molar-refractivity contribution in [2.75, 3.05) is 5.01 Å². The maximum atomic E-state index is 12.4. The molecule has 0 saturated carbocycles. The van der Waals surface area contributed by atoms with Gasteiger partial charge >= 0.3 is 0 Å². The van der Waals surface area contributed by atoms with E-state index in [0.29, 0.717) is 10.7 Å². The molecule has 106 valence electrons. The van der Waals surface area contributed by atoms with Crippen molar-refractivity contribution >= 4 is 46.5 Å². The van der Waals surface area contributed by atoms with E-state index in [2.05, 4.69) is 5.43 Å². The summed E-state index contributed by atoms with van der Waals surface area (Å²) in [5.74, 6) is -0.793. The first-order chi connectivity index (χ1) is 10.1. The third-order valence-corrected chi connectivity index (χ3v) is 4.36. The molecule has 2 aromatic rings. The van der Waals surface area contributed by atoms with Crippen molar-refractivity contribution in [2.45, 2.75) is 6.92 Å². The highest BCUT2D eigenvalue weighted by molar-refractivity contribution is 7.10. The number of thiophene rings is 1. The Hall–Kier alpha value is -2.11. The molecule has 1 aromatic heterocycles. The number of nitrogens with one attached hydrogen (secondary N) is 1. The third-order valence-electron chi connectivity index (χ3n) is 3.13. The highest BCUT2D eigenvalue weighted by Crippen LogP contribution is 2.26. The maximum absolute atomic E-state index is 12.4. The number of carbonyl (C=O) groups is 2. The van der Waals surface area contributed by atoms with Gasteiger partial charge in [-0.1, -0.05) is 23.7 Å². The molecule has 4 nitrogen and oxygen atoms in total. The van der Waals surface area contributed by atoms with E-state index in [1.165, 1.54) is 16.3 Å². The number of anilines is 1. The molecule has 0 aliphatic carbocycles. The van der Waals surface area contributed by atoms with Gasteiger partial charge in [0.05, 0.1) is 5.69 Å². The zero-order valence-electron chi connectivity index (χ0n) is 11.1. The molecule has 1 aromatic carbocycles. The fourth-order valence-electron chi connectivity index (χ4n) is 1.98. The molecule has 6 heteroatoms. The van der Waals surface area contributed by atoms with Crippen molar-refractivity contribution in [1.82, 2.24) is 5.43 Å². The standard InChI is InChI=1S/C15H11ClN2O2S/c1-9-4-5-10(7-13(9)16)18-15(20)12(14(19)17-18)8-11-3-2-6-21-11/h2-8H,1H3,(H,17,19). The molecule has 2 amide bonds. The molecule has 0 bridgehead atoms. The molecule has 0 spiro atoms. The summed E-state index contributed by atoms with van der Waals surface area (Å²) >= 11 is 7.53. The largest absolute Gasteiger partial charge is 0.282 e. The van der Waals surface area contributed by atoms with E-state index < -0.39 is 5.91 Å². The minimum absolute atomic E-state index is 0.120. The summed E-state index contributed by atoms with van der Waals surface area (Å²) < 4.78 is 0. The van der Waals surface area contributed by atoms with Crippen LogP contribution in [0.2, 0.25) is 5.02 Å². The van der Waals surface area contributed by atoms with Gasteiger partial charge in [-0.15, -0.1) is 11.3 Å². The second kappa shape index (κ2) is 5.35. The van der Waals surface area contributed by atoms with E-state index in [1.807, 2.05) is 24.4 Å². The van der Waals surface area contributed by atoms with Crippen molar-refractivity contribution in [3.8, 4) is 0 Å². The van der Waals surface area contributed by atoms with Gasteiger partial charge in [-0.3, -0.25) is 15.0 Å². The van der Waals surface area contributed by atoms with E-state index >= 15 is 0 Å². The lowest BCUT2D eigenvalue weighted by molar-refractivity contribution is -0.117. The summed E-state index contributed by atoms with van der Waals surface area (Å²) in [5.41, 5.74) is 4.12. The molecule has 0 radical (unpaired) electrons. The minimum atomic E-state index is -0.412. The van der Waals surface area contributed by atoms with Gasteiger partial charge in [0.1, 0.15) is 5.57 Å². The summed E-state index contributed by atoms with van der Waals surface area (Å²) in [4.78, 5) is 25.2. The molecule has 1 fully saturated rings. The molecule has 0 atom stereocenters. The average molecular weight is 319 g/mol. The molecule has 0 unspecified atom stereocenters. The van der Waals surface area contributed by atoms with Crippen molar-refractivity contribution in [3.63, 3.8) is 0 Å². The fourth-order valence-corrected chi connectivity index (χ4v) is 2.81. The number of carbonyl (C=O) groups excluding carboxylic acids is 2. The molecule has 1 saturated heterocycles. The molecule has 1 aliphatic rings. The lowest BCUT2D eigenvalue weighted by Crippen LogP contribution is -2.35. The Labute approximate surface area is 130 Å². The van der Waals surface area contributed by atoms with Gasteiger partial charge in [0.2, 0.25) is 0 Å². The Morgan fingerprint density at radius 3 is 2.76 bits per heavy atom. The van der Waals surface area contributed by atoms with Crippen molar-refractivity contribution in [1.29, 1.82) is 0 Å². The normalized spacial score (nSPS) is 16.7. The molecule has 2 heterocycles. The van der Waals surface area contributed by atoms with Crippen LogP contribution in [-0.2, 0) is 9.59 Å². The molecular weight excluding hydrogens is 308 g/mol. The smallest absolute Gasteiger partial charge is 0.267 e. The lowest BCUT2D eigenvalue weighted by Gasteiger charge is -2.15. The fraction of sp³-hybridized carbons (Fsp3) is 0.0667. The maximum Gasteiger partial charge on any atom is 0.282 e. The number of benzene rings is 1. The van der Waals surface area contributed by atoms with Gasteiger partial charge in [0.25, 0.3) is 11.8 Å². The van der Waals surface area contributed by atoms with Crippen molar-refractivity contribution in [2.24, 2.45) is 0 Å². The van der Waals surface area contributed by atoms with Crippen LogP contribution in [-0.4, -0.2) is 11.8 Å². The number of halogens is 1. The first kappa shape index (κ1) is 13.9. The van der Waals surface area contributed by atoms with Crippen LogP contribution < -0.4 is 10.4 Å². The van der Waals surface area contributed by atoms with Crippen molar-refractivity contribution < 1.29 is 9.59 Å². The van der Waals surface area contributed by atoms with Crippen LogP contribution in [0.4, 0.5) is 5.69 Å². The predicted octanol–water partition coefficient (Wildman–Crippen LogP) is 3.17. The van der Waals surface area contributed by atoms with E-state index in [1.54, 1.807) is 24.3 Å². The first-order valence-corrected chi connectivity index (χ1v) is 7.49. The van der Waals surface area contributed by atoms with Crippen LogP contribution >= 0.6 is 22.9 Å². The summed E-state index contributed by atoms with van der Waals surface area (Å²) in [6.07, 6.45) is 1.60. The molecule has 1 N–H and O–H groups in total. The van der Waals surface area contributed by atoms with Gasteiger partial charge in [-0.2, -0.15) is 0 Å². The van der Waals surface area contributed by atoms with Crippen LogP contribution in [0.3, 0.4) is 0 Å². The lowest BCUT2D eigenvalue weighted by atomic mass is 10.2. The highest BCUT2D eigenvalue weighted by atomic mass is 35.5. The molecule has 1 aliphatic heterocycles. The quantitative estimate of drug-likeness (QED) is 0.683. The Morgan fingerprint density at radius 1 is 1.29 bits per heavy atom. The summed E-state index contributed by atoms with van der Waals surface area (Å²) in [6, 6.07) is 8.92. The van der Waals surface area contributed by atoms with Crippen LogP contribution in [0.15, 0.2) is 41.3 Å². The summed E-state index contributed by atoms with van der Waals surface area (Å²) in [7, 11) is 0. The topological polar surface area (TPSA) is 49.4 Å².